The van der Waals surface area contributed by atoms with Crippen LogP contribution in [0.3, 0.4) is 0 Å². The Morgan fingerprint density at radius 1 is 1.00 bits per heavy atom. The molecule has 0 saturated carbocycles. The lowest BCUT2D eigenvalue weighted by molar-refractivity contribution is 0.101. The number of benzene rings is 1. The summed E-state index contributed by atoms with van der Waals surface area (Å²) in [5.41, 5.74) is 1.80. The summed E-state index contributed by atoms with van der Waals surface area (Å²) in [6.07, 6.45) is 3.13. The molecule has 1 N–H and O–H groups in total. The van der Waals surface area contributed by atoms with Crippen LogP contribution in [0, 0.1) is 0 Å². The van der Waals surface area contributed by atoms with E-state index in [4.69, 9.17) is 0 Å². The first-order chi connectivity index (χ1) is 10.6. The van der Waals surface area contributed by atoms with Crippen LogP contribution < -0.4 is 5.32 Å². The van der Waals surface area contributed by atoms with E-state index < -0.39 is 0 Å². The zero-order valence-electron chi connectivity index (χ0n) is 11.9. The monoisotopic (exact) mass is 291 g/mol. The molecule has 5 nitrogen and oxygen atoms in total. The van der Waals surface area contributed by atoms with E-state index in [-0.39, 0.29) is 11.7 Å². The lowest BCUT2D eigenvalue weighted by Crippen LogP contribution is -2.13. The van der Waals surface area contributed by atoms with E-state index >= 15 is 0 Å². The number of fused-ring (bicyclic) bond motifs is 1. The molecule has 22 heavy (non-hydrogen) atoms. The normalized spacial score (nSPS) is 10.4. The molecule has 0 aliphatic heterocycles. The van der Waals surface area contributed by atoms with Gasteiger partial charge in [-0.3, -0.25) is 14.6 Å². The van der Waals surface area contributed by atoms with Gasteiger partial charge < -0.3 is 5.32 Å². The van der Waals surface area contributed by atoms with Gasteiger partial charge in [0.05, 0.1) is 5.52 Å². The van der Waals surface area contributed by atoms with Crippen molar-refractivity contribution < 1.29 is 9.59 Å². The summed E-state index contributed by atoms with van der Waals surface area (Å²) in [5, 5.41) is 3.51. The third-order valence-corrected chi connectivity index (χ3v) is 3.30. The van der Waals surface area contributed by atoms with Gasteiger partial charge in [0, 0.05) is 28.9 Å². The van der Waals surface area contributed by atoms with Crippen LogP contribution in [0.5, 0.6) is 0 Å². The number of anilines is 1. The van der Waals surface area contributed by atoms with E-state index in [9.17, 15) is 9.59 Å². The van der Waals surface area contributed by atoms with Gasteiger partial charge in [0.15, 0.2) is 5.78 Å². The number of amides is 1. The van der Waals surface area contributed by atoms with Crippen molar-refractivity contribution in [2.75, 3.05) is 5.32 Å². The van der Waals surface area contributed by atoms with E-state index in [2.05, 4.69) is 15.3 Å². The van der Waals surface area contributed by atoms with Crippen LogP contribution in [-0.2, 0) is 0 Å². The Morgan fingerprint density at radius 3 is 2.59 bits per heavy atom. The van der Waals surface area contributed by atoms with Crippen molar-refractivity contribution in [3.05, 3.63) is 66.0 Å². The Morgan fingerprint density at radius 2 is 1.86 bits per heavy atom. The van der Waals surface area contributed by atoms with Gasteiger partial charge in [-0.25, -0.2) is 4.98 Å². The Labute approximate surface area is 127 Å². The second-order valence-electron chi connectivity index (χ2n) is 4.82. The smallest absolute Gasteiger partial charge is 0.257 e. The van der Waals surface area contributed by atoms with Crippen LogP contribution in [0.4, 0.5) is 5.82 Å². The topological polar surface area (TPSA) is 72.0 Å². The number of pyridine rings is 2. The quantitative estimate of drug-likeness (QED) is 0.753. The molecular formula is C17H13N3O2. The van der Waals surface area contributed by atoms with Crippen molar-refractivity contribution in [2.24, 2.45) is 0 Å². The van der Waals surface area contributed by atoms with Gasteiger partial charge in [0.25, 0.3) is 5.91 Å². The van der Waals surface area contributed by atoms with Gasteiger partial charge in [0.2, 0.25) is 0 Å². The molecule has 108 valence electrons. The van der Waals surface area contributed by atoms with Crippen molar-refractivity contribution in [1.29, 1.82) is 0 Å². The van der Waals surface area contributed by atoms with E-state index in [1.165, 1.54) is 13.1 Å². The second kappa shape index (κ2) is 5.73. The average Bonchev–Trinajstić information content (AvgIpc) is 2.54. The molecule has 0 fully saturated rings. The number of carbonyl (C=O) groups is 2. The molecule has 0 bridgehead atoms. The van der Waals surface area contributed by atoms with E-state index in [1.807, 2.05) is 12.1 Å². The summed E-state index contributed by atoms with van der Waals surface area (Å²) >= 11 is 0. The van der Waals surface area contributed by atoms with Crippen LogP contribution >= 0.6 is 0 Å². The predicted molar refractivity (Wildman–Crippen MR) is 83.9 cm³/mol. The molecule has 1 aromatic carbocycles. The Balaban J connectivity index is 1.89. The highest BCUT2D eigenvalue weighted by Crippen LogP contribution is 2.17. The summed E-state index contributed by atoms with van der Waals surface area (Å²) in [5.74, 6) is 0.0723. The van der Waals surface area contributed by atoms with Crippen molar-refractivity contribution in [3.63, 3.8) is 0 Å². The molecule has 0 spiro atoms. The number of hydrogen-bond donors (Lipinski definition) is 1. The highest BCUT2D eigenvalue weighted by atomic mass is 16.1. The van der Waals surface area contributed by atoms with E-state index in [1.54, 1.807) is 36.5 Å². The fraction of sp³-hybridized carbons (Fsp3) is 0.0588. The van der Waals surface area contributed by atoms with Gasteiger partial charge >= 0.3 is 0 Å². The Kier molecular flexibility index (Phi) is 3.62. The van der Waals surface area contributed by atoms with Crippen LogP contribution in [-0.4, -0.2) is 21.7 Å². The Bertz CT molecular complexity index is 852. The van der Waals surface area contributed by atoms with Gasteiger partial charge in [-0.05, 0) is 37.3 Å². The first-order valence-corrected chi connectivity index (χ1v) is 6.77. The van der Waals surface area contributed by atoms with Gasteiger partial charge in [-0.15, -0.1) is 0 Å². The highest BCUT2D eigenvalue weighted by molar-refractivity contribution is 6.12. The first-order valence-electron chi connectivity index (χ1n) is 6.77. The predicted octanol–water partition coefficient (Wildman–Crippen LogP) is 3.08. The Hall–Kier alpha value is -3.08. The third-order valence-electron chi connectivity index (χ3n) is 3.30. The number of nitrogens with one attached hydrogen (secondary N) is 1. The molecule has 0 unspecified atom stereocenters. The molecule has 5 heteroatoms. The number of Topliss-reactive ketones (excluding diaryl/α,β-unsaturated/α-hetero) is 1. The summed E-state index contributed by atoms with van der Waals surface area (Å²) in [7, 11) is 0. The molecule has 0 saturated heterocycles. The van der Waals surface area contributed by atoms with Gasteiger partial charge in [-0.1, -0.05) is 12.1 Å². The largest absolute Gasteiger partial charge is 0.307 e. The fourth-order valence-corrected chi connectivity index (χ4v) is 2.16. The highest BCUT2D eigenvalue weighted by Gasteiger charge is 2.11. The number of ketones is 1. The maximum Gasteiger partial charge on any atom is 0.257 e. The van der Waals surface area contributed by atoms with Crippen molar-refractivity contribution in [3.8, 4) is 0 Å². The molecule has 2 heterocycles. The fourth-order valence-electron chi connectivity index (χ4n) is 2.16. The van der Waals surface area contributed by atoms with Crippen molar-refractivity contribution >= 4 is 28.4 Å². The van der Waals surface area contributed by atoms with E-state index in [0.717, 1.165) is 10.9 Å². The number of hydrogen-bond acceptors (Lipinski definition) is 4. The second-order valence-corrected chi connectivity index (χ2v) is 4.82. The van der Waals surface area contributed by atoms with Gasteiger partial charge in [0.1, 0.15) is 5.82 Å². The molecule has 0 radical (unpaired) electrons. The minimum Gasteiger partial charge on any atom is -0.307 e. The number of carbonyl (C=O) groups excluding carboxylic acids is 2. The SMILES string of the molecule is CC(=O)c1ccc(NC(=O)c2cccc3ncccc23)nc1. The zero-order chi connectivity index (χ0) is 15.5. The number of aromatic nitrogens is 2. The summed E-state index contributed by atoms with van der Waals surface area (Å²) in [6, 6.07) is 12.3. The molecule has 3 aromatic rings. The lowest BCUT2D eigenvalue weighted by Gasteiger charge is -2.07. The van der Waals surface area contributed by atoms with Crippen LogP contribution in [0.1, 0.15) is 27.6 Å². The first kappa shape index (κ1) is 13.9. The minimum absolute atomic E-state index is 0.0643. The summed E-state index contributed by atoms with van der Waals surface area (Å²) in [4.78, 5) is 31.9. The van der Waals surface area contributed by atoms with Crippen LogP contribution in [0.15, 0.2) is 54.9 Å². The van der Waals surface area contributed by atoms with Gasteiger partial charge in [-0.2, -0.15) is 0 Å². The lowest BCUT2D eigenvalue weighted by atomic mass is 10.1. The maximum absolute atomic E-state index is 12.4. The molecule has 1 amide bonds. The van der Waals surface area contributed by atoms with Crippen molar-refractivity contribution in [1.82, 2.24) is 9.97 Å². The molecule has 0 aliphatic carbocycles. The standard InChI is InChI=1S/C17H13N3O2/c1-11(21)12-7-8-16(19-10-12)20-17(22)14-4-2-6-15-13(14)5-3-9-18-15/h2-10H,1H3,(H,19,20,22). The van der Waals surface area contributed by atoms with Crippen molar-refractivity contribution in [2.45, 2.75) is 6.92 Å². The molecule has 0 aliphatic rings. The zero-order valence-corrected chi connectivity index (χ0v) is 11.9. The van der Waals surface area contributed by atoms with Crippen LogP contribution in [0.2, 0.25) is 0 Å². The molecule has 0 atom stereocenters. The minimum atomic E-state index is -0.262. The van der Waals surface area contributed by atoms with E-state index in [0.29, 0.717) is 16.9 Å². The summed E-state index contributed by atoms with van der Waals surface area (Å²) in [6.45, 7) is 1.47. The maximum atomic E-state index is 12.4. The molecular weight excluding hydrogens is 278 g/mol. The average molecular weight is 291 g/mol. The third kappa shape index (κ3) is 2.69. The van der Waals surface area contributed by atoms with Crippen LogP contribution in [0.25, 0.3) is 10.9 Å². The number of nitrogens with zero attached hydrogens (tertiary/aromatic N) is 2. The number of rotatable bonds is 3. The molecule has 3 rings (SSSR count). The molecule has 2 aromatic heterocycles. The summed E-state index contributed by atoms with van der Waals surface area (Å²) < 4.78 is 0.